The maximum absolute atomic E-state index is 10.5. The Morgan fingerprint density at radius 3 is 2.73 bits per heavy atom. The predicted octanol–water partition coefficient (Wildman–Crippen LogP) is 4.29. The zero-order valence-electron chi connectivity index (χ0n) is 13.3. The Labute approximate surface area is 138 Å². The van der Waals surface area contributed by atoms with Crippen LogP contribution in [0.4, 0.5) is 0 Å². The first-order chi connectivity index (χ1) is 10.7. The summed E-state index contributed by atoms with van der Waals surface area (Å²) in [6.45, 7) is 3.78. The summed E-state index contributed by atoms with van der Waals surface area (Å²) in [7, 11) is 0. The van der Waals surface area contributed by atoms with Crippen LogP contribution in [0.2, 0.25) is 0 Å². The van der Waals surface area contributed by atoms with Crippen molar-refractivity contribution in [2.24, 2.45) is 11.8 Å². The summed E-state index contributed by atoms with van der Waals surface area (Å²) in [5, 5.41) is 8.62. The van der Waals surface area contributed by atoms with Gasteiger partial charge in [0, 0.05) is 6.42 Å². The van der Waals surface area contributed by atoms with Crippen LogP contribution in [0.25, 0.3) is 0 Å². The molecular formula is C18H28O3S. The van der Waals surface area contributed by atoms with Crippen LogP contribution in [0.15, 0.2) is 24.8 Å². The molecule has 22 heavy (non-hydrogen) atoms. The Bertz CT molecular complexity index is 394. The molecule has 3 nitrogen and oxygen atoms in total. The predicted molar refractivity (Wildman–Crippen MR) is 92.3 cm³/mol. The van der Waals surface area contributed by atoms with Crippen molar-refractivity contribution in [3.63, 3.8) is 0 Å². The fourth-order valence-corrected chi connectivity index (χ4v) is 4.79. The van der Waals surface area contributed by atoms with Gasteiger partial charge in [0.2, 0.25) is 0 Å². The number of hydrogen-bond acceptors (Lipinski definition) is 3. The van der Waals surface area contributed by atoms with E-state index in [4.69, 9.17) is 9.84 Å². The Morgan fingerprint density at radius 1 is 1.23 bits per heavy atom. The van der Waals surface area contributed by atoms with Crippen molar-refractivity contribution in [3.05, 3.63) is 24.8 Å². The summed E-state index contributed by atoms with van der Waals surface area (Å²) in [6, 6.07) is 0. The summed E-state index contributed by atoms with van der Waals surface area (Å²) in [5.74, 6) is 3.01. The van der Waals surface area contributed by atoms with E-state index < -0.39 is 5.97 Å². The SMILES string of the molecule is C=CCCSCC1C2CCC(O2)C1C/C=C\CCCC(=O)O. The lowest BCUT2D eigenvalue weighted by Crippen LogP contribution is -2.28. The van der Waals surface area contributed by atoms with Crippen molar-refractivity contribution in [1.82, 2.24) is 0 Å². The number of thioether (sulfide) groups is 1. The van der Waals surface area contributed by atoms with E-state index in [2.05, 4.69) is 18.7 Å². The highest BCUT2D eigenvalue weighted by atomic mass is 32.2. The van der Waals surface area contributed by atoms with Gasteiger partial charge >= 0.3 is 5.97 Å². The quantitative estimate of drug-likeness (QED) is 0.455. The van der Waals surface area contributed by atoms with E-state index in [0.29, 0.717) is 24.0 Å². The number of aliphatic carboxylic acids is 1. The highest BCUT2D eigenvalue weighted by Gasteiger charge is 2.47. The van der Waals surface area contributed by atoms with Crippen LogP contribution in [0, 0.1) is 11.8 Å². The summed E-state index contributed by atoms with van der Waals surface area (Å²) >= 11 is 2.03. The molecule has 124 valence electrons. The smallest absolute Gasteiger partial charge is 0.303 e. The molecule has 2 fully saturated rings. The third-order valence-corrected chi connectivity index (χ3v) is 5.85. The minimum atomic E-state index is -0.702. The van der Waals surface area contributed by atoms with Gasteiger partial charge in [-0.15, -0.1) is 6.58 Å². The van der Waals surface area contributed by atoms with Gasteiger partial charge in [0.05, 0.1) is 12.2 Å². The minimum Gasteiger partial charge on any atom is -0.481 e. The first kappa shape index (κ1) is 17.6. The molecule has 1 N–H and O–H groups in total. The van der Waals surface area contributed by atoms with E-state index in [1.807, 2.05) is 17.8 Å². The molecule has 4 heteroatoms. The van der Waals surface area contributed by atoms with E-state index in [9.17, 15) is 4.79 Å². The van der Waals surface area contributed by atoms with E-state index in [1.54, 1.807) is 0 Å². The lowest BCUT2D eigenvalue weighted by atomic mass is 9.78. The van der Waals surface area contributed by atoms with Crippen molar-refractivity contribution in [3.8, 4) is 0 Å². The molecular weight excluding hydrogens is 296 g/mol. The van der Waals surface area contributed by atoms with Crippen LogP contribution >= 0.6 is 11.8 Å². The summed E-state index contributed by atoms with van der Waals surface area (Å²) < 4.78 is 6.12. The number of carboxylic acid groups (broad SMARTS) is 1. The molecule has 0 aromatic rings. The van der Waals surface area contributed by atoms with Crippen LogP contribution in [-0.2, 0) is 9.53 Å². The standard InChI is InChI=1S/C18H28O3S/c1-2-3-12-22-13-15-14(16-10-11-17(15)21-16)8-6-4-5-7-9-18(19)20/h2,4,6,14-17H,1,3,5,7-13H2,(H,19,20)/b6-4-. The molecule has 2 rings (SSSR count). The molecule has 2 aliphatic heterocycles. The Kier molecular flexibility index (Phi) is 7.53. The van der Waals surface area contributed by atoms with Gasteiger partial charge in [0.25, 0.3) is 0 Å². The highest BCUT2D eigenvalue weighted by molar-refractivity contribution is 7.99. The highest BCUT2D eigenvalue weighted by Crippen LogP contribution is 2.46. The minimum absolute atomic E-state index is 0.268. The van der Waals surface area contributed by atoms with Crippen molar-refractivity contribution in [2.75, 3.05) is 11.5 Å². The summed E-state index contributed by atoms with van der Waals surface area (Å²) in [5.41, 5.74) is 0. The normalized spacial score (nSPS) is 30.2. The number of allylic oxidation sites excluding steroid dienone is 3. The molecule has 0 amide bonds. The Balaban J connectivity index is 1.71. The third kappa shape index (κ3) is 5.17. The maximum Gasteiger partial charge on any atom is 0.303 e. The van der Waals surface area contributed by atoms with Gasteiger partial charge in [-0.3, -0.25) is 4.79 Å². The Morgan fingerprint density at radius 2 is 2.00 bits per heavy atom. The molecule has 4 atom stereocenters. The van der Waals surface area contributed by atoms with Crippen LogP contribution in [0.3, 0.4) is 0 Å². The number of hydrogen-bond donors (Lipinski definition) is 1. The average Bonchev–Trinajstić information content (AvgIpc) is 3.08. The van der Waals surface area contributed by atoms with Gasteiger partial charge in [0.15, 0.2) is 0 Å². The second-order valence-corrected chi connectivity index (χ2v) is 7.41. The summed E-state index contributed by atoms with van der Waals surface area (Å²) in [6.07, 6.45) is 13.8. The molecule has 0 spiro atoms. The molecule has 2 heterocycles. The molecule has 0 aromatic carbocycles. The molecule has 4 unspecified atom stereocenters. The average molecular weight is 324 g/mol. The van der Waals surface area contributed by atoms with Crippen LogP contribution in [-0.4, -0.2) is 34.8 Å². The molecule has 2 aliphatic rings. The number of ether oxygens (including phenoxy) is 1. The van der Waals surface area contributed by atoms with Crippen molar-refractivity contribution in [2.45, 2.75) is 57.2 Å². The first-order valence-corrected chi connectivity index (χ1v) is 9.58. The van der Waals surface area contributed by atoms with Crippen LogP contribution in [0.1, 0.15) is 44.9 Å². The molecule has 0 aliphatic carbocycles. The largest absolute Gasteiger partial charge is 0.481 e. The lowest BCUT2D eigenvalue weighted by molar-refractivity contribution is -0.137. The second-order valence-electron chi connectivity index (χ2n) is 6.26. The van der Waals surface area contributed by atoms with E-state index >= 15 is 0 Å². The van der Waals surface area contributed by atoms with Crippen molar-refractivity contribution < 1.29 is 14.6 Å². The topological polar surface area (TPSA) is 46.5 Å². The number of rotatable bonds is 11. The molecule has 2 saturated heterocycles. The molecule has 0 radical (unpaired) electrons. The van der Waals surface area contributed by atoms with Crippen LogP contribution < -0.4 is 0 Å². The van der Waals surface area contributed by atoms with Crippen molar-refractivity contribution in [1.29, 1.82) is 0 Å². The monoisotopic (exact) mass is 324 g/mol. The number of fused-ring (bicyclic) bond motifs is 2. The van der Waals surface area contributed by atoms with Crippen LogP contribution in [0.5, 0.6) is 0 Å². The van der Waals surface area contributed by atoms with Crippen molar-refractivity contribution >= 4 is 17.7 Å². The first-order valence-electron chi connectivity index (χ1n) is 8.43. The molecule has 0 saturated carbocycles. The van der Waals surface area contributed by atoms with E-state index in [0.717, 1.165) is 31.4 Å². The van der Waals surface area contributed by atoms with E-state index in [1.165, 1.54) is 18.6 Å². The molecule has 0 aromatic heterocycles. The van der Waals surface area contributed by atoms with Gasteiger partial charge in [-0.2, -0.15) is 11.8 Å². The van der Waals surface area contributed by atoms with Gasteiger partial charge in [-0.25, -0.2) is 0 Å². The third-order valence-electron chi connectivity index (χ3n) is 4.70. The lowest BCUT2D eigenvalue weighted by Gasteiger charge is -2.26. The Hall–Kier alpha value is -0.740. The van der Waals surface area contributed by atoms with E-state index in [-0.39, 0.29) is 6.42 Å². The zero-order chi connectivity index (χ0) is 15.8. The van der Waals surface area contributed by atoms with Gasteiger partial charge in [-0.05, 0) is 61.9 Å². The van der Waals surface area contributed by atoms with Gasteiger partial charge in [-0.1, -0.05) is 18.2 Å². The second kappa shape index (κ2) is 9.41. The van der Waals surface area contributed by atoms with Gasteiger partial charge < -0.3 is 9.84 Å². The fraction of sp³-hybridized carbons (Fsp3) is 0.722. The number of carbonyl (C=O) groups is 1. The fourth-order valence-electron chi connectivity index (χ4n) is 3.56. The molecule has 2 bridgehead atoms. The maximum atomic E-state index is 10.5. The zero-order valence-corrected chi connectivity index (χ0v) is 14.1. The number of unbranched alkanes of at least 4 members (excludes halogenated alkanes) is 1. The number of carboxylic acids is 1. The van der Waals surface area contributed by atoms with Gasteiger partial charge in [0.1, 0.15) is 0 Å². The summed E-state index contributed by atoms with van der Waals surface area (Å²) in [4.78, 5) is 10.5.